The average Bonchev–Trinajstić information content (AvgIpc) is 2.67. The lowest BCUT2D eigenvalue weighted by molar-refractivity contribution is -0.137. The van der Waals surface area contributed by atoms with Gasteiger partial charge in [0.25, 0.3) is 0 Å². The molecule has 0 aliphatic rings. The van der Waals surface area contributed by atoms with E-state index in [1.165, 1.54) is 12.1 Å². The molecule has 0 radical (unpaired) electrons. The molecule has 0 saturated heterocycles. The van der Waals surface area contributed by atoms with Crippen LogP contribution in [0.25, 0.3) is 10.1 Å². The molecular weight excluding hydrogens is 277 g/mol. The molecule has 1 aromatic carbocycles. The summed E-state index contributed by atoms with van der Waals surface area (Å²) in [6.45, 7) is 3.53. The highest BCUT2D eigenvalue weighted by atomic mass is 32.1. The number of allylic oxidation sites excluding steroid dienone is 1. The number of carboxylic acids is 1. The van der Waals surface area contributed by atoms with Gasteiger partial charge in [0.1, 0.15) is 4.88 Å². The summed E-state index contributed by atoms with van der Waals surface area (Å²) < 4.78 is 38.1. The van der Waals surface area contributed by atoms with Gasteiger partial charge in [-0.1, -0.05) is 12.1 Å². The first-order valence-electron chi connectivity index (χ1n) is 5.31. The van der Waals surface area contributed by atoms with Gasteiger partial charge in [0.2, 0.25) is 0 Å². The largest absolute Gasteiger partial charge is 0.477 e. The summed E-state index contributed by atoms with van der Waals surface area (Å²) in [5, 5.41) is 9.61. The van der Waals surface area contributed by atoms with Gasteiger partial charge in [0, 0.05) is 4.70 Å². The van der Waals surface area contributed by atoms with E-state index in [9.17, 15) is 18.0 Å². The van der Waals surface area contributed by atoms with E-state index in [4.69, 9.17) is 5.11 Å². The number of carbonyl (C=O) groups is 1. The van der Waals surface area contributed by atoms with Crippen LogP contribution in [0.5, 0.6) is 0 Å². The fraction of sp³-hybridized carbons (Fsp3) is 0.154. The summed E-state index contributed by atoms with van der Waals surface area (Å²) in [6, 6.07) is 3.27. The van der Waals surface area contributed by atoms with Gasteiger partial charge < -0.3 is 5.11 Å². The normalized spacial score (nSPS) is 11.7. The van der Waals surface area contributed by atoms with Crippen molar-refractivity contribution in [3.63, 3.8) is 0 Å². The summed E-state index contributed by atoms with van der Waals surface area (Å²) in [7, 11) is 0. The van der Waals surface area contributed by atoms with Gasteiger partial charge in [-0.15, -0.1) is 17.9 Å². The maximum absolute atomic E-state index is 12.6. The van der Waals surface area contributed by atoms with Gasteiger partial charge in [-0.25, -0.2) is 4.79 Å². The average molecular weight is 286 g/mol. The number of fused-ring (bicyclic) bond motifs is 1. The van der Waals surface area contributed by atoms with Crippen molar-refractivity contribution in [3.05, 3.63) is 46.9 Å². The Kier molecular flexibility index (Phi) is 3.36. The molecular formula is C13H9F3O2S. The first-order chi connectivity index (χ1) is 8.84. The summed E-state index contributed by atoms with van der Waals surface area (Å²) in [4.78, 5) is 11.2. The number of carboxylic acid groups (broad SMARTS) is 1. The molecule has 2 rings (SSSR count). The molecule has 0 amide bonds. The Morgan fingerprint density at radius 3 is 2.63 bits per heavy atom. The molecule has 0 aliphatic carbocycles. The first-order valence-corrected chi connectivity index (χ1v) is 6.13. The van der Waals surface area contributed by atoms with Crippen LogP contribution in [0, 0.1) is 0 Å². The second kappa shape index (κ2) is 4.70. The summed E-state index contributed by atoms with van der Waals surface area (Å²) >= 11 is 0.855. The Morgan fingerprint density at radius 2 is 2.11 bits per heavy atom. The highest BCUT2D eigenvalue weighted by Gasteiger charge is 2.31. The molecule has 100 valence electrons. The Balaban J connectivity index is 2.69. The Hall–Kier alpha value is -1.82. The third-order valence-electron chi connectivity index (χ3n) is 2.66. The van der Waals surface area contributed by atoms with Crippen LogP contribution in [0.15, 0.2) is 30.9 Å². The number of rotatable bonds is 3. The van der Waals surface area contributed by atoms with E-state index < -0.39 is 17.7 Å². The van der Waals surface area contributed by atoms with E-state index in [1.54, 1.807) is 0 Å². The summed E-state index contributed by atoms with van der Waals surface area (Å²) in [5.41, 5.74) is -0.264. The highest BCUT2D eigenvalue weighted by molar-refractivity contribution is 7.21. The zero-order chi connectivity index (χ0) is 14.2. The topological polar surface area (TPSA) is 37.3 Å². The predicted molar refractivity (Wildman–Crippen MR) is 67.7 cm³/mol. The van der Waals surface area contributed by atoms with Gasteiger partial charge in [-0.3, -0.25) is 0 Å². The van der Waals surface area contributed by atoms with Gasteiger partial charge in [-0.2, -0.15) is 13.2 Å². The van der Waals surface area contributed by atoms with Crippen molar-refractivity contribution in [1.82, 2.24) is 0 Å². The predicted octanol–water partition coefficient (Wildman–Crippen LogP) is 4.35. The Morgan fingerprint density at radius 1 is 1.42 bits per heavy atom. The molecule has 1 N–H and O–H groups in total. The lowest BCUT2D eigenvalue weighted by Gasteiger charge is -2.06. The number of halogens is 3. The Bertz CT molecular complexity index is 656. The molecule has 0 fully saturated rings. The molecule has 0 atom stereocenters. The standard InChI is InChI=1S/C13H9F3O2S/c1-2-3-9-8-5-4-7(13(14,15)16)6-10(8)19-11(9)12(17)18/h2,4-6H,1,3H2,(H,17,18). The van der Waals surface area contributed by atoms with E-state index in [2.05, 4.69) is 6.58 Å². The molecule has 2 nitrogen and oxygen atoms in total. The minimum absolute atomic E-state index is 0.0641. The number of hydrogen-bond acceptors (Lipinski definition) is 2. The van der Waals surface area contributed by atoms with Crippen LogP contribution in [0.3, 0.4) is 0 Å². The van der Waals surface area contributed by atoms with E-state index in [0.717, 1.165) is 23.5 Å². The van der Waals surface area contributed by atoms with Crippen LogP contribution in [0.1, 0.15) is 20.8 Å². The van der Waals surface area contributed by atoms with Crippen LogP contribution in [0.4, 0.5) is 13.2 Å². The number of aromatic carboxylic acids is 1. The minimum atomic E-state index is -4.43. The maximum Gasteiger partial charge on any atom is 0.416 e. The van der Waals surface area contributed by atoms with E-state index in [1.807, 2.05) is 0 Å². The van der Waals surface area contributed by atoms with Crippen molar-refractivity contribution >= 4 is 27.4 Å². The first kappa shape index (κ1) is 13.6. The Labute approximate surface area is 110 Å². The van der Waals surface area contributed by atoms with Gasteiger partial charge >= 0.3 is 12.1 Å². The fourth-order valence-corrected chi connectivity index (χ4v) is 2.96. The van der Waals surface area contributed by atoms with Gasteiger partial charge in [0.15, 0.2) is 0 Å². The minimum Gasteiger partial charge on any atom is -0.477 e. The molecule has 6 heteroatoms. The molecule has 19 heavy (non-hydrogen) atoms. The van der Waals surface area contributed by atoms with Crippen LogP contribution in [-0.4, -0.2) is 11.1 Å². The smallest absolute Gasteiger partial charge is 0.416 e. The molecule has 1 heterocycles. The van der Waals surface area contributed by atoms with Crippen molar-refractivity contribution in [3.8, 4) is 0 Å². The second-order valence-corrected chi connectivity index (χ2v) is 4.97. The van der Waals surface area contributed by atoms with Crippen molar-refractivity contribution < 1.29 is 23.1 Å². The van der Waals surface area contributed by atoms with Crippen molar-refractivity contribution in [2.45, 2.75) is 12.6 Å². The van der Waals surface area contributed by atoms with E-state index in [0.29, 0.717) is 22.1 Å². The lowest BCUT2D eigenvalue weighted by atomic mass is 10.1. The quantitative estimate of drug-likeness (QED) is 0.852. The molecule has 0 aliphatic heterocycles. The van der Waals surface area contributed by atoms with Crippen LogP contribution in [-0.2, 0) is 12.6 Å². The lowest BCUT2D eigenvalue weighted by Crippen LogP contribution is -2.03. The fourth-order valence-electron chi connectivity index (χ4n) is 1.85. The zero-order valence-corrected chi connectivity index (χ0v) is 10.4. The summed E-state index contributed by atoms with van der Waals surface area (Å²) in [5.74, 6) is -1.13. The second-order valence-electron chi connectivity index (χ2n) is 3.92. The molecule has 0 bridgehead atoms. The summed E-state index contributed by atoms with van der Waals surface area (Å²) in [6.07, 6.45) is -2.58. The number of hydrogen-bond donors (Lipinski definition) is 1. The van der Waals surface area contributed by atoms with Crippen molar-refractivity contribution in [2.24, 2.45) is 0 Å². The van der Waals surface area contributed by atoms with Gasteiger partial charge in [-0.05, 0) is 29.5 Å². The third-order valence-corrected chi connectivity index (χ3v) is 3.85. The highest BCUT2D eigenvalue weighted by Crippen LogP contribution is 2.37. The molecule has 2 aromatic rings. The van der Waals surface area contributed by atoms with Crippen LogP contribution in [0.2, 0.25) is 0 Å². The third kappa shape index (κ3) is 2.49. The molecule has 0 spiro atoms. The van der Waals surface area contributed by atoms with Crippen molar-refractivity contribution in [1.29, 1.82) is 0 Å². The number of benzene rings is 1. The number of alkyl halides is 3. The number of thiophene rings is 1. The molecule has 0 saturated carbocycles. The SMILES string of the molecule is C=CCc1c(C(=O)O)sc2cc(C(F)(F)F)ccc12. The van der Waals surface area contributed by atoms with Crippen LogP contribution < -0.4 is 0 Å². The van der Waals surface area contributed by atoms with E-state index >= 15 is 0 Å². The monoisotopic (exact) mass is 286 g/mol. The zero-order valence-electron chi connectivity index (χ0n) is 9.62. The van der Waals surface area contributed by atoms with E-state index in [-0.39, 0.29) is 4.88 Å². The molecule has 0 unspecified atom stereocenters. The van der Waals surface area contributed by atoms with Crippen molar-refractivity contribution in [2.75, 3.05) is 0 Å². The maximum atomic E-state index is 12.6. The van der Waals surface area contributed by atoms with Gasteiger partial charge in [0.05, 0.1) is 5.56 Å². The van der Waals surface area contributed by atoms with Crippen LogP contribution >= 0.6 is 11.3 Å². The molecule has 1 aromatic heterocycles.